The lowest BCUT2D eigenvalue weighted by molar-refractivity contribution is -0.274. The highest BCUT2D eigenvalue weighted by Crippen LogP contribution is 2.24. The lowest BCUT2D eigenvalue weighted by Crippen LogP contribution is -2.17. The third-order valence-electron chi connectivity index (χ3n) is 4.16. The maximum Gasteiger partial charge on any atom is 0.573 e. The molecule has 0 spiro atoms. The summed E-state index contributed by atoms with van der Waals surface area (Å²) in [6, 6.07) is 13.8. The van der Waals surface area contributed by atoms with Crippen molar-refractivity contribution in [3.63, 3.8) is 0 Å². The Bertz CT molecular complexity index is 672. The van der Waals surface area contributed by atoms with Gasteiger partial charge < -0.3 is 15.2 Å². The number of unbranched alkanes of at least 4 members (excludes halogenated alkanes) is 2. The van der Waals surface area contributed by atoms with Crippen molar-refractivity contribution in [2.24, 2.45) is 5.73 Å². The summed E-state index contributed by atoms with van der Waals surface area (Å²) in [6.07, 6.45) is 0.0195. The largest absolute Gasteiger partial charge is 0.573 e. The van der Waals surface area contributed by atoms with Crippen LogP contribution in [0.3, 0.4) is 0 Å². The van der Waals surface area contributed by atoms with E-state index in [9.17, 15) is 13.2 Å². The Morgan fingerprint density at radius 3 is 2.35 bits per heavy atom. The van der Waals surface area contributed by atoms with Gasteiger partial charge in [-0.25, -0.2) is 0 Å². The predicted molar refractivity (Wildman–Crippen MR) is 95.2 cm³/mol. The zero-order chi connectivity index (χ0) is 19.0. The van der Waals surface area contributed by atoms with E-state index in [1.54, 1.807) is 19.2 Å². The maximum atomic E-state index is 12.1. The number of halogens is 3. The monoisotopic (exact) mass is 367 g/mol. The van der Waals surface area contributed by atoms with E-state index in [-0.39, 0.29) is 11.8 Å². The van der Waals surface area contributed by atoms with Gasteiger partial charge in [-0.15, -0.1) is 13.2 Å². The summed E-state index contributed by atoms with van der Waals surface area (Å²) in [5, 5.41) is 0. The van der Waals surface area contributed by atoms with Crippen LogP contribution in [-0.4, -0.2) is 13.5 Å². The molecule has 6 heteroatoms. The molecule has 0 fully saturated rings. The first-order valence-corrected chi connectivity index (χ1v) is 8.61. The number of methoxy groups -OCH3 is 1. The smallest absolute Gasteiger partial charge is 0.497 e. The molecular formula is C20H24F3NO2. The van der Waals surface area contributed by atoms with Gasteiger partial charge in [-0.1, -0.05) is 37.1 Å². The Morgan fingerprint density at radius 2 is 1.69 bits per heavy atom. The number of rotatable bonds is 9. The predicted octanol–water partition coefficient (Wildman–Crippen LogP) is 5.40. The average Bonchev–Trinajstić information content (AvgIpc) is 2.61. The van der Waals surface area contributed by atoms with E-state index in [1.165, 1.54) is 12.1 Å². The summed E-state index contributed by atoms with van der Waals surface area (Å²) in [7, 11) is 1.63. The van der Waals surface area contributed by atoms with Crippen molar-refractivity contribution >= 4 is 0 Å². The molecule has 2 rings (SSSR count). The van der Waals surface area contributed by atoms with Gasteiger partial charge in [0.2, 0.25) is 0 Å². The van der Waals surface area contributed by atoms with Gasteiger partial charge in [0, 0.05) is 6.04 Å². The highest BCUT2D eigenvalue weighted by Gasteiger charge is 2.30. The molecule has 0 aromatic heterocycles. The lowest BCUT2D eigenvalue weighted by Gasteiger charge is -2.13. The van der Waals surface area contributed by atoms with Gasteiger partial charge in [0.05, 0.1) is 7.11 Å². The van der Waals surface area contributed by atoms with Crippen molar-refractivity contribution in [1.29, 1.82) is 0 Å². The quantitative estimate of drug-likeness (QED) is 0.604. The first-order chi connectivity index (χ1) is 12.4. The Kier molecular flexibility index (Phi) is 7.33. The number of hydrogen-bond donors (Lipinski definition) is 1. The van der Waals surface area contributed by atoms with E-state index >= 15 is 0 Å². The summed E-state index contributed by atoms with van der Waals surface area (Å²) >= 11 is 0. The minimum Gasteiger partial charge on any atom is -0.497 e. The van der Waals surface area contributed by atoms with Crippen LogP contribution in [0.25, 0.3) is 0 Å². The number of hydrogen-bond acceptors (Lipinski definition) is 3. The lowest BCUT2D eigenvalue weighted by atomic mass is 9.99. The summed E-state index contributed by atoms with van der Waals surface area (Å²) in [6.45, 7) is 0. The van der Waals surface area contributed by atoms with E-state index in [0.717, 1.165) is 49.0 Å². The van der Waals surface area contributed by atoms with Gasteiger partial charge in [0.25, 0.3) is 0 Å². The third kappa shape index (κ3) is 6.96. The van der Waals surface area contributed by atoms with Crippen LogP contribution in [0.2, 0.25) is 0 Å². The molecule has 1 atom stereocenters. The van der Waals surface area contributed by atoms with Crippen LogP contribution >= 0.6 is 0 Å². The second-order valence-corrected chi connectivity index (χ2v) is 6.17. The van der Waals surface area contributed by atoms with Gasteiger partial charge in [0.15, 0.2) is 0 Å². The minimum absolute atomic E-state index is 0.0242. The van der Waals surface area contributed by atoms with Crippen LogP contribution in [0.5, 0.6) is 11.5 Å². The standard InChI is InChI=1S/C20H24F3NO2/c1-25-18-8-5-7-16(14-18)19(24)9-4-2-3-6-15-10-12-17(13-11-15)26-20(21,22)23/h5,7-8,10-14,19H,2-4,6,9,24H2,1H3. The average molecular weight is 367 g/mol. The van der Waals surface area contributed by atoms with Crippen LogP contribution in [0.15, 0.2) is 48.5 Å². The van der Waals surface area contributed by atoms with Crippen LogP contribution in [-0.2, 0) is 6.42 Å². The van der Waals surface area contributed by atoms with Crippen LogP contribution in [0.4, 0.5) is 13.2 Å². The molecule has 2 N–H and O–H groups in total. The second kappa shape index (κ2) is 9.48. The van der Waals surface area contributed by atoms with Gasteiger partial charge in [-0.05, 0) is 54.7 Å². The van der Waals surface area contributed by atoms with Crippen molar-refractivity contribution in [2.45, 2.75) is 44.5 Å². The SMILES string of the molecule is COc1cccc(C(N)CCCCCc2ccc(OC(F)(F)F)cc2)c1. The molecule has 2 aromatic rings. The number of nitrogens with two attached hydrogens (primary N) is 1. The molecule has 0 bridgehead atoms. The molecule has 3 nitrogen and oxygen atoms in total. The number of alkyl halides is 3. The first kappa shape index (κ1) is 20.1. The molecule has 0 radical (unpaired) electrons. The molecular weight excluding hydrogens is 343 g/mol. The Balaban J connectivity index is 1.68. The molecule has 26 heavy (non-hydrogen) atoms. The van der Waals surface area contributed by atoms with Gasteiger partial charge in [0.1, 0.15) is 11.5 Å². The summed E-state index contributed by atoms with van der Waals surface area (Å²) in [5.41, 5.74) is 8.27. The van der Waals surface area contributed by atoms with Crippen molar-refractivity contribution < 1.29 is 22.6 Å². The normalized spacial score (nSPS) is 12.7. The fourth-order valence-electron chi connectivity index (χ4n) is 2.77. The van der Waals surface area contributed by atoms with Crippen molar-refractivity contribution in [3.05, 3.63) is 59.7 Å². The van der Waals surface area contributed by atoms with Crippen LogP contribution < -0.4 is 15.2 Å². The van der Waals surface area contributed by atoms with Crippen molar-refractivity contribution in [2.75, 3.05) is 7.11 Å². The molecule has 0 amide bonds. The first-order valence-electron chi connectivity index (χ1n) is 8.61. The van der Waals surface area contributed by atoms with E-state index in [4.69, 9.17) is 10.5 Å². The summed E-state index contributed by atoms with van der Waals surface area (Å²) in [5.74, 6) is 0.612. The maximum absolute atomic E-state index is 12.1. The van der Waals surface area contributed by atoms with Crippen molar-refractivity contribution in [1.82, 2.24) is 0 Å². The number of ether oxygens (including phenoxy) is 2. The zero-order valence-corrected chi connectivity index (χ0v) is 14.8. The summed E-state index contributed by atoms with van der Waals surface area (Å²) in [4.78, 5) is 0. The van der Waals surface area contributed by atoms with E-state index in [1.807, 2.05) is 24.3 Å². The minimum atomic E-state index is -4.65. The van der Waals surface area contributed by atoms with Gasteiger partial charge in [-0.3, -0.25) is 0 Å². The molecule has 0 heterocycles. The Labute approximate surface area is 151 Å². The highest BCUT2D eigenvalue weighted by molar-refractivity contribution is 5.30. The zero-order valence-electron chi connectivity index (χ0n) is 14.8. The van der Waals surface area contributed by atoms with Crippen LogP contribution in [0.1, 0.15) is 42.9 Å². The molecule has 0 aliphatic rings. The molecule has 2 aromatic carbocycles. The molecule has 0 aliphatic heterocycles. The number of aryl methyl sites for hydroxylation is 1. The fraction of sp³-hybridized carbons (Fsp3) is 0.400. The van der Waals surface area contributed by atoms with E-state index in [0.29, 0.717) is 0 Å². The molecule has 0 aliphatic carbocycles. The van der Waals surface area contributed by atoms with Crippen LogP contribution in [0, 0.1) is 0 Å². The van der Waals surface area contributed by atoms with E-state index < -0.39 is 6.36 Å². The Morgan fingerprint density at radius 1 is 0.962 bits per heavy atom. The van der Waals surface area contributed by atoms with Gasteiger partial charge in [-0.2, -0.15) is 0 Å². The van der Waals surface area contributed by atoms with E-state index in [2.05, 4.69) is 4.74 Å². The van der Waals surface area contributed by atoms with Gasteiger partial charge >= 0.3 is 6.36 Å². The Hall–Kier alpha value is -2.21. The summed E-state index contributed by atoms with van der Waals surface area (Å²) < 4.78 is 45.4. The third-order valence-corrected chi connectivity index (χ3v) is 4.16. The molecule has 0 saturated heterocycles. The topological polar surface area (TPSA) is 44.5 Å². The highest BCUT2D eigenvalue weighted by atomic mass is 19.4. The number of benzene rings is 2. The molecule has 1 unspecified atom stereocenters. The van der Waals surface area contributed by atoms with Crippen molar-refractivity contribution in [3.8, 4) is 11.5 Å². The molecule has 0 saturated carbocycles. The molecule has 142 valence electrons. The fourth-order valence-corrected chi connectivity index (χ4v) is 2.77. The second-order valence-electron chi connectivity index (χ2n) is 6.17.